The minimum absolute atomic E-state index is 0.0505. The zero-order valence-electron chi connectivity index (χ0n) is 13.2. The van der Waals surface area contributed by atoms with Crippen molar-refractivity contribution < 1.29 is 19.9 Å². The van der Waals surface area contributed by atoms with E-state index in [4.69, 9.17) is 27.4 Å². The summed E-state index contributed by atoms with van der Waals surface area (Å²) >= 11 is 6.31. The summed E-state index contributed by atoms with van der Waals surface area (Å²) in [4.78, 5) is 11.7. The molecule has 5 N–H and O–H groups in total. The number of carboxylic acid groups (broad SMARTS) is 1. The minimum Gasteiger partial charge on any atom is -0.481 e. The molecule has 1 aromatic carbocycles. The molecule has 1 aliphatic carbocycles. The molecule has 0 aromatic heterocycles. The van der Waals surface area contributed by atoms with Crippen LogP contribution in [0.1, 0.15) is 54.8 Å². The first-order chi connectivity index (χ1) is 10.8. The van der Waals surface area contributed by atoms with Crippen molar-refractivity contribution in [2.45, 2.75) is 50.9 Å². The van der Waals surface area contributed by atoms with E-state index < -0.39 is 19.0 Å². The summed E-state index contributed by atoms with van der Waals surface area (Å²) in [6.07, 6.45) is 2.85. The van der Waals surface area contributed by atoms with Gasteiger partial charge in [-0.3, -0.25) is 4.79 Å². The molecular weight excluding hydrogens is 316 g/mol. The van der Waals surface area contributed by atoms with Crippen LogP contribution in [0.4, 0.5) is 0 Å². The zero-order valence-corrected chi connectivity index (χ0v) is 14.0. The van der Waals surface area contributed by atoms with Gasteiger partial charge in [0.15, 0.2) is 0 Å². The van der Waals surface area contributed by atoms with Gasteiger partial charge in [0.25, 0.3) is 0 Å². The van der Waals surface area contributed by atoms with E-state index >= 15 is 0 Å². The number of fused-ring (bicyclic) bond motifs is 1. The molecule has 0 amide bonds. The molecule has 3 atom stereocenters. The van der Waals surface area contributed by atoms with E-state index in [0.29, 0.717) is 24.3 Å². The minimum atomic E-state index is -1.34. The highest BCUT2D eigenvalue weighted by atomic mass is 35.5. The molecule has 3 unspecified atom stereocenters. The van der Waals surface area contributed by atoms with Crippen LogP contribution in [0.25, 0.3) is 0 Å². The molecule has 0 radical (unpaired) electrons. The Morgan fingerprint density at radius 2 is 2.17 bits per heavy atom. The van der Waals surface area contributed by atoms with E-state index in [2.05, 4.69) is 0 Å². The van der Waals surface area contributed by atoms with E-state index in [0.717, 1.165) is 23.1 Å². The Morgan fingerprint density at radius 3 is 2.74 bits per heavy atom. The molecular formula is C16H23BClNO4. The van der Waals surface area contributed by atoms with Gasteiger partial charge in [-0.2, -0.15) is 0 Å². The molecule has 0 saturated carbocycles. The number of halogens is 1. The van der Waals surface area contributed by atoms with Crippen LogP contribution in [0.15, 0.2) is 12.1 Å². The van der Waals surface area contributed by atoms with Crippen molar-refractivity contribution in [3.8, 4) is 0 Å². The van der Waals surface area contributed by atoms with E-state index in [1.165, 1.54) is 0 Å². The number of rotatable bonds is 7. The molecule has 1 aromatic rings. The first kappa shape index (κ1) is 18.3. The summed E-state index contributed by atoms with van der Waals surface area (Å²) in [6, 6.07) is 3.50. The third-order valence-electron chi connectivity index (χ3n) is 4.69. The fraction of sp³-hybridized carbons (Fsp3) is 0.562. The Morgan fingerprint density at radius 1 is 1.48 bits per heavy atom. The van der Waals surface area contributed by atoms with E-state index in [1.54, 1.807) is 0 Å². The van der Waals surface area contributed by atoms with Gasteiger partial charge in [-0.25, -0.2) is 0 Å². The standard InChI is InChI=1S/C16H23BClNO4/c1-2-14(19)12-8-11-10(7-13(12)18)6-9(15(11)16(20)21)4-3-5-17(22)23/h7-9,14-15,22-23H,2-6,19H2,1H3,(H,20,21). The fourth-order valence-corrected chi connectivity index (χ4v) is 3.77. The van der Waals surface area contributed by atoms with Crippen LogP contribution in [0.3, 0.4) is 0 Å². The van der Waals surface area contributed by atoms with Gasteiger partial charge in [-0.05, 0) is 54.3 Å². The number of hydrogen-bond donors (Lipinski definition) is 4. The summed E-state index contributed by atoms with van der Waals surface area (Å²) < 4.78 is 0. The Labute approximate surface area is 141 Å². The number of benzene rings is 1. The highest BCUT2D eigenvalue weighted by molar-refractivity contribution is 6.40. The molecule has 23 heavy (non-hydrogen) atoms. The van der Waals surface area contributed by atoms with Gasteiger partial charge in [-0.15, -0.1) is 0 Å². The average Bonchev–Trinajstić information content (AvgIpc) is 2.82. The monoisotopic (exact) mass is 339 g/mol. The van der Waals surface area contributed by atoms with E-state index in [1.807, 2.05) is 19.1 Å². The third-order valence-corrected chi connectivity index (χ3v) is 5.02. The molecule has 1 aliphatic rings. The predicted octanol–water partition coefficient (Wildman–Crippen LogP) is 2.34. The molecule has 0 spiro atoms. The van der Waals surface area contributed by atoms with Crippen LogP contribution in [0.2, 0.25) is 11.3 Å². The normalized spacial score (nSPS) is 21.1. The number of aliphatic carboxylic acids is 1. The Bertz CT molecular complexity index is 581. The summed E-state index contributed by atoms with van der Waals surface area (Å²) in [5.41, 5.74) is 8.63. The first-order valence-corrected chi connectivity index (χ1v) is 8.39. The van der Waals surface area contributed by atoms with Crippen molar-refractivity contribution in [3.05, 3.63) is 33.8 Å². The summed E-state index contributed by atoms with van der Waals surface area (Å²) in [5, 5.41) is 28.1. The number of carboxylic acids is 1. The smallest absolute Gasteiger partial charge is 0.451 e. The SMILES string of the molecule is CCC(N)c1cc2c(cc1Cl)CC(CCCB(O)O)C2C(=O)O. The Hall–Kier alpha value is -1.08. The lowest BCUT2D eigenvalue weighted by Crippen LogP contribution is -2.19. The summed E-state index contributed by atoms with van der Waals surface area (Å²) in [7, 11) is -1.34. The number of nitrogens with two attached hydrogens (primary N) is 1. The maximum atomic E-state index is 11.7. The molecule has 5 nitrogen and oxygen atoms in total. The molecule has 0 heterocycles. The molecule has 7 heteroatoms. The van der Waals surface area contributed by atoms with Crippen molar-refractivity contribution in [1.29, 1.82) is 0 Å². The van der Waals surface area contributed by atoms with Crippen molar-refractivity contribution in [2.24, 2.45) is 11.7 Å². The van der Waals surface area contributed by atoms with Crippen molar-refractivity contribution in [2.75, 3.05) is 0 Å². The van der Waals surface area contributed by atoms with E-state index in [-0.39, 0.29) is 18.3 Å². The summed E-state index contributed by atoms with van der Waals surface area (Å²) in [6.45, 7) is 1.96. The second-order valence-electron chi connectivity index (χ2n) is 6.28. The Balaban J connectivity index is 2.27. The van der Waals surface area contributed by atoms with Gasteiger partial charge in [-0.1, -0.05) is 31.0 Å². The second kappa shape index (κ2) is 7.66. The predicted molar refractivity (Wildman–Crippen MR) is 90.5 cm³/mol. The zero-order chi connectivity index (χ0) is 17.1. The maximum Gasteiger partial charge on any atom is 0.451 e. The van der Waals surface area contributed by atoms with Gasteiger partial charge < -0.3 is 20.9 Å². The second-order valence-corrected chi connectivity index (χ2v) is 6.69. The van der Waals surface area contributed by atoms with Crippen LogP contribution < -0.4 is 5.73 Å². The first-order valence-electron chi connectivity index (χ1n) is 8.01. The van der Waals surface area contributed by atoms with Crippen molar-refractivity contribution in [3.63, 3.8) is 0 Å². The van der Waals surface area contributed by atoms with Crippen LogP contribution in [-0.2, 0) is 11.2 Å². The molecule has 0 aliphatic heterocycles. The van der Waals surface area contributed by atoms with Crippen LogP contribution in [0, 0.1) is 5.92 Å². The van der Waals surface area contributed by atoms with Gasteiger partial charge >= 0.3 is 13.1 Å². The largest absolute Gasteiger partial charge is 0.481 e. The highest BCUT2D eigenvalue weighted by Gasteiger charge is 2.38. The highest BCUT2D eigenvalue weighted by Crippen LogP contribution is 2.43. The van der Waals surface area contributed by atoms with Crippen molar-refractivity contribution >= 4 is 24.7 Å². The van der Waals surface area contributed by atoms with Crippen LogP contribution in [-0.4, -0.2) is 28.2 Å². The quantitative estimate of drug-likeness (QED) is 0.571. The van der Waals surface area contributed by atoms with Gasteiger partial charge in [0.1, 0.15) is 0 Å². The van der Waals surface area contributed by atoms with Gasteiger partial charge in [0.05, 0.1) is 5.92 Å². The number of hydrogen-bond acceptors (Lipinski definition) is 4. The maximum absolute atomic E-state index is 11.7. The van der Waals surface area contributed by atoms with Gasteiger partial charge in [0.2, 0.25) is 0 Å². The Kier molecular flexibility index (Phi) is 6.09. The van der Waals surface area contributed by atoms with Crippen LogP contribution >= 0.6 is 11.6 Å². The summed E-state index contributed by atoms with van der Waals surface area (Å²) in [5.74, 6) is -1.48. The van der Waals surface area contributed by atoms with Gasteiger partial charge in [0, 0.05) is 11.1 Å². The van der Waals surface area contributed by atoms with Crippen LogP contribution in [0.5, 0.6) is 0 Å². The third kappa shape index (κ3) is 4.07. The number of carbonyl (C=O) groups is 1. The molecule has 2 rings (SSSR count). The lowest BCUT2D eigenvalue weighted by molar-refractivity contribution is -0.139. The average molecular weight is 340 g/mol. The fourth-order valence-electron chi connectivity index (χ4n) is 3.44. The van der Waals surface area contributed by atoms with E-state index in [9.17, 15) is 9.90 Å². The topological polar surface area (TPSA) is 104 Å². The molecule has 126 valence electrons. The molecule has 0 fully saturated rings. The lowest BCUT2D eigenvalue weighted by Gasteiger charge is -2.18. The molecule has 0 bridgehead atoms. The van der Waals surface area contributed by atoms with Crippen molar-refractivity contribution in [1.82, 2.24) is 0 Å². The lowest BCUT2D eigenvalue weighted by atomic mass is 9.80. The molecule has 0 saturated heterocycles.